The number of hydrogen-bond acceptors (Lipinski definition) is 5. The highest BCUT2D eigenvalue weighted by atomic mass is 32.1. The predicted molar refractivity (Wildman–Crippen MR) is 80.5 cm³/mol. The monoisotopic (exact) mass is 304 g/mol. The minimum Gasteiger partial charge on any atom is -0.307 e. The standard InChI is InChI=1S/C13H12N4OS2/c1-9-11(8-20-16-9)13(18)15-12-2-4-14-17(12)6-10-3-5-19-7-10/h2-5,7-8H,6H2,1H3,(H,15,18). The van der Waals surface area contributed by atoms with Crippen molar-refractivity contribution in [2.45, 2.75) is 13.5 Å². The third-order valence-electron chi connectivity index (χ3n) is 2.87. The molecule has 7 heteroatoms. The van der Waals surface area contributed by atoms with Gasteiger partial charge in [-0.25, -0.2) is 4.68 Å². The predicted octanol–water partition coefficient (Wildman–Crippen LogP) is 3.01. The summed E-state index contributed by atoms with van der Waals surface area (Å²) in [6, 6.07) is 3.84. The van der Waals surface area contributed by atoms with Crippen molar-refractivity contribution < 1.29 is 4.79 Å². The molecule has 3 rings (SSSR count). The molecule has 0 saturated heterocycles. The van der Waals surface area contributed by atoms with E-state index in [-0.39, 0.29) is 5.91 Å². The molecule has 0 unspecified atom stereocenters. The maximum absolute atomic E-state index is 12.2. The lowest BCUT2D eigenvalue weighted by Crippen LogP contribution is -2.16. The van der Waals surface area contributed by atoms with E-state index in [0.717, 1.165) is 5.69 Å². The van der Waals surface area contributed by atoms with Crippen molar-refractivity contribution in [1.82, 2.24) is 14.2 Å². The summed E-state index contributed by atoms with van der Waals surface area (Å²) in [6.07, 6.45) is 1.68. The molecule has 3 aromatic rings. The summed E-state index contributed by atoms with van der Waals surface area (Å²) in [5.74, 6) is 0.537. The fourth-order valence-corrected chi connectivity index (χ4v) is 3.17. The summed E-state index contributed by atoms with van der Waals surface area (Å²) in [5, 5.41) is 13.0. The SMILES string of the molecule is Cc1nscc1C(=O)Nc1ccnn1Cc1ccsc1. The first-order valence-corrected chi connectivity index (χ1v) is 7.77. The van der Waals surface area contributed by atoms with Gasteiger partial charge in [0.05, 0.1) is 24.0 Å². The molecule has 20 heavy (non-hydrogen) atoms. The average Bonchev–Trinajstić information content (AvgIpc) is 3.13. The van der Waals surface area contributed by atoms with Gasteiger partial charge in [0.1, 0.15) is 5.82 Å². The number of amides is 1. The molecule has 0 bridgehead atoms. The van der Waals surface area contributed by atoms with Crippen LogP contribution in [0.25, 0.3) is 0 Å². The summed E-state index contributed by atoms with van der Waals surface area (Å²) in [6.45, 7) is 2.47. The van der Waals surface area contributed by atoms with Gasteiger partial charge in [-0.15, -0.1) is 0 Å². The number of nitrogens with zero attached hydrogens (tertiary/aromatic N) is 3. The second-order valence-corrected chi connectivity index (χ2v) is 5.68. The third kappa shape index (κ3) is 2.63. The Labute approximate surface area is 124 Å². The summed E-state index contributed by atoms with van der Waals surface area (Å²) < 4.78 is 5.88. The summed E-state index contributed by atoms with van der Waals surface area (Å²) >= 11 is 2.93. The van der Waals surface area contributed by atoms with Crippen molar-refractivity contribution in [2.75, 3.05) is 5.32 Å². The smallest absolute Gasteiger partial charge is 0.259 e. The molecule has 0 aliphatic rings. The van der Waals surface area contributed by atoms with Crippen LogP contribution in [0.2, 0.25) is 0 Å². The molecular weight excluding hydrogens is 292 g/mol. The van der Waals surface area contributed by atoms with Crippen LogP contribution in [0.5, 0.6) is 0 Å². The number of rotatable bonds is 4. The molecule has 0 aromatic carbocycles. The van der Waals surface area contributed by atoms with Crippen LogP contribution in [0.3, 0.4) is 0 Å². The summed E-state index contributed by atoms with van der Waals surface area (Å²) in [5.41, 5.74) is 2.53. The number of carbonyl (C=O) groups excluding carboxylic acids is 1. The highest BCUT2D eigenvalue weighted by Crippen LogP contribution is 2.15. The minimum absolute atomic E-state index is 0.150. The van der Waals surface area contributed by atoms with Crippen molar-refractivity contribution in [3.8, 4) is 0 Å². The third-order valence-corrected chi connectivity index (χ3v) is 4.32. The molecule has 1 amide bonds. The van der Waals surface area contributed by atoms with Crippen molar-refractivity contribution in [2.24, 2.45) is 0 Å². The van der Waals surface area contributed by atoms with E-state index < -0.39 is 0 Å². The van der Waals surface area contributed by atoms with Crippen molar-refractivity contribution in [3.63, 3.8) is 0 Å². The second-order valence-electron chi connectivity index (χ2n) is 4.27. The Morgan fingerprint density at radius 3 is 3.00 bits per heavy atom. The number of carbonyl (C=O) groups is 1. The van der Waals surface area contributed by atoms with Crippen molar-refractivity contribution in [3.05, 3.63) is 51.3 Å². The Morgan fingerprint density at radius 1 is 1.40 bits per heavy atom. The van der Waals surface area contributed by atoms with Gasteiger partial charge >= 0.3 is 0 Å². The van der Waals surface area contributed by atoms with Gasteiger partial charge in [0.15, 0.2) is 0 Å². The molecule has 0 radical (unpaired) electrons. The Hall–Kier alpha value is -1.99. The number of anilines is 1. The molecule has 1 N–H and O–H groups in total. The van der Waals surface area contributed by atoms with Gasteiger partial charge < -0.3 is 5.32 Å². The van der Waals surface area contributed by atoms with E-state index >= 15 is 0 Å². The van der Waals surface area contributed by atoms with E-state index in [1.54, 1.807) is 33.7 Å². The quantitative estimate of drug-likeness (QED) is 0.806. The maximum atomic E-state index is 12.2. The first kappa shape index (κ1) is 13.0. The molecule has 0 aliphatic carbocycles. The van der Waals surface area contributed by atoms with Crippen LogP contribution in [-0.2, 0) is 6.54 Å². The van der Waals surface area contributed by atoms with Crippen molar-refractivity contribution in [1.29, 1.82) is 0 Å². The number of hydrogen-bond donors (Lipinski definition) is 1. The van der Waals surface area contributed by atoms with Gasteiger partial charge in [0, 0.05) is 11.4 Å². The summed E-state index contributed by atoms with van der Waals surface area (Å²) in [7, 11) is 0. The van der Waals surface area contributed by atoms with E-state index in [9.17, 15) is 4.79 Å². The normalized spacial score (nSPS) is 10.7. The Balaban J connectivity index is 1.77. The zero-order valence-electron chi connectivity index (χ0n) is 10.7. The molecular formula is C13H12N4OS2. The van der Waals surface area contributed by atoms with E-state index in [2.05, 4.69) is 20.2 Å². The van der Waals surface area contributed by atoms with Crippen LogP contribution >= 0.6 is 22.9 Å². The van der Waals surface area contributed by atoms with Crippen LogP contribution in [0.4, 0.5) is 5.82 Å². The second kappa shape index (κ2) is 5.56. The largest absolute Gasteiger partial charge is 0.307 e. The van der Waals surface area contributed by atoms with Crippen LogP contribution < -0.4 is 5.32 Å². The topological polar surface area (TPSA) is 59.8 Å². The van der Waals surface area contributed by atoms with Crippen LogP contribution in [0, 0.1) is 6.92 Å². The van der Waals surface area contributed by atoms with Gasteiger partial charge in [-0.1, -0.05) is 0 Å². The lowest BCUT2D eigenvalue weighted by molar-refractivity contribution is 0.102. The van der Waals surface area contributed by atoms with Gasteiger partial charge in [-0.05, 0) is 40.8 Å². The van der Waals surface area contributed by atoms with E-state index in [1.807, 2.05) is 18.4 Å². The number of thiophene rings is 1. The van der Waals surface area contributed by atoms with Gasteiger partial charge in [-0.3, -0.25) is 4.79 Å². The highest BCUT2D eigenvalue weighted by Gasteiger charge is 2.13. The van der Waals surface area contributed by atoms with Gasteiger partial charge in [-0.2, -0.15) is 20.8 Å². The lowest BCUT2D eigenvalue weighted by Gasteiger charge is -2.07. The average molecular weight is 304 g/mol. The zero-order valence-corrected chi connectivity index (χ0v) is 12.4. The van der Waals surface area contributed by atoms with Gasteiger partial charge in [0.25, 0.3) is 5.91 Å². The van der Waals surface area contributed by atoms with E-state index in [4.69, 9.17) is 0 Å². The Morgan fingerprint density at radius 2 is 2.30 bits per heavy atom. The van der Waals surface area contributed by atoms with Crippen LogP contribution in [0.1, 0.15) is 21.6 Å². The molecule has 0 fully saturated rings. The minimum atomic E-state index is -0.150. The lowest BCUT2D eigenvalue weighted by atomic mass is 10.2. The molecule has 0 atom stereocenters. The Kier molecular flexibility index (Phi) is 3.62. The maximum Gasteiger partial charge on any atom is 0.259 e. The van der Waals surface area contributed by atoms with E-state index in [1.165, 1.54) is 17.1 Å². The molecule has 3 heterocycles. The van der Waals surface area contributed by atoms with Gasteiger partial charge in [0.2, 0.25) is 0 Å². The van der Waals surface area contributed by atoms with E-state index in [0.29, 0.717) is 17.9 Å². The first-order valence-electron chi connectivity index (χ1n) is 5.99. The summed E-state index contributed by atoms with van der Waals surface area (Å²) in [4.78, 5) is 12.2. The molecule has 5 nitrogen and oxygen atoms in total. The number of aromatic nitrogens is 3. The fraction of sp³-hybridized carbons (Fsp3) is 0.154. The zero-order chi connectivity index (χ0) is 13.9. The fourth-order valence-electron chi connectivity index (χ4n) is 1.81. The molecule has 3 aromatic heterocycles. The highest BCUT2D eigenvalue weighted by molar-refractivity contribution is 7.08. The molecule has 0 aliphatic heterocycles. The van der Waals surface area contributed by atoms with Crippen LogP contribution in [0.15, 0.2) is 34.5 Å². The first-order chi connectivity index (χ1) is 9.74. The van der Waals surface area contributed by atoms with Crippen molar-refractivity contribution >= 4 is 34.6 Å². The van der Waals surface area contributed by atoms with Crippen LogP contribution in [-0.4, -0.2) is 20.1 Å². The number of aryl methyl sites for hydroxylation is 1. The Bertz CT molecular complexity index is 714. The molecule has 0 saturated carbocycles. The number of nitrogens with one attached hydrogen (secondary N) is 1. The molecule has 0 spiro atoms. The molecule has 102 valence electrons.